The number of carbonyl (C=O) groups is 1. The first kappa shape index (κ1) is 11.7. The zero-order valence-corrected chi connectivity index (χ0v) is 9.36. The molecule has 0 unspecified atom stereocenters. The van der Waals surface area contributed by atoms with Gasteiger partial charge < -0.3 is 5.11 Å². The topological polar surface area (TPSA) is 52.9 Å². The van der Waals surface area contributed by atoms with Crippen LogP contribution in [-0.4, -0.2) is 35.0 Å². The molecule has 1 N–H and O–H groups in total. The molecule has 0 bridgehead atoms. The standard InChI is InChI=1S/C10H12N2O2S/c1-12(2)15-7-11-9-5-3-8(4-6-9)10(13)14/h3-7H,1-2H3,(H,13,14). The molecule has 4 nitrogen and oxygen atoms in total. The molecule has 0 saturated heterocycles. The Morgan fingerprint density at radius 1 is 1.40 bits per heavy atom. The third-order valence-corrected chi connectivity index (χ3v) is 2.20. The minimum atomic E-state index is -0.923. The van der Waals surface area contributed by atoms with Crippen molar-refractivity contribution in [1.82, 2.24) is 4.31 Å². The molecule has 0 aliphatic carbocycles. The number of carboxylic acid groups (broad SMARTS) is 1. The Labute approximate surface area is 92.8 Å². The van der Waals surface area contributed by atoms with Gasteiger partial charge in [-0.25, -0.2) is 9.79 Å². The largest absolute Gasteiger partial charge is 0.478 e. The number of aromatic carboxylic acids is 1. The van der Waals surface area contributed by atoms with E-state index < -0.39 is 5.97 Å². The molecule has 1 rings (SSSR count). The second kappa shape index (κ2) is 5.53. The summed E-state index contributed by atoms with van der Waals surface area (Å²) < 4.78 is 1.91. The van der Waals surface area contributed by atoms with Crippen LogP contribution in [0.15, 0.2) is 29.3 Å². The van der Waals surface area contributed by atoms with Crippen molar-refractivity contribution in [2.24, 2.45) is 4.99 Å². The zero-order valence-electron chi connectivity index (χ0n) is 8.54. The fraction of sp³-hybridized carbons (Fsp3) is 0.200. The summed E-state index contributed by atoms with van der Waals surface area (Å²) in [6.45, 7) is 0. The molecular formula is C10H12N2O2S. The van der Waals surface area contributed by atoms with Crippen molar-refractivity contribution < 1.29 is 9.90 Å². The molecule has 5 heteroatoms. The Bertz CT molecular complexity index is 360. The predicted octanol–water partition coefficient (Wildman–Crippen LogP) is 2.25. The molecule has 0 saturated carbocycles. The third kappa shape index (κ3) is 4.14. The number of rotatable bonds is 4. The molecule has 0 aromatic heterocycles. The quantitative estimate of drug-likeness (QED) is 0.484. The number of hydrogen-bond acceptors (Lipinski definition) is 4. The molecule has 0 radical (unpaired) electrons. The number of benzene rings is 1. The van der Waals surface area contributed by atoms with Gasteiger partial charge in [-0.1, -0.05) is 0 Å². The summed E-state index contributed by atoms with van der Waals surface area (Å²) in [5.41, 5.74) is 2.72. The Balaban J connectivity index is 2.64. The fourth-order valence-corrected chi connectivity index (χ4v) is 1.23. The van der Waals surface area contributed by atoms with Gasteiger partial charge in [-0.05, 0) is 50.3 Å². The van der Waals surface area contributed by atoms with Crippen LogP contribution in [0.25, 0.3) is 0 Å². The Hall–Kier alpha value is -1.33. The highest BCUT2D eigenvalue weighted by molar-refractivity contribution is 8.10. The van der Waals surface area contributed by atoms with Crippen LogP contribution in [0.5, 0.6) is 0 Å². The first-order valence-electron chi connectivity index (χ1n) is 4.29. The molecule has 0 aliphatic heterocycles. The van der Waals surface area contributed by atoms with Crippen molar-refractivity contribution in [1.29, 1.82) is 0 Å². The van der Waals surface area contributed by atoms with Crippen LogP contribution < -0.4 is 0 Å². The Morgan fingerprint density at radius 3 is 2.47 bits per heavy atom. The van der Waals surface area contributed by atoms with Crippen molar-refractivity contribution in [3.63, 3.8) is 0 Å². The van der Waals surface area contributed by atoms with Crippen LogP contribution in [-0.2, 0) is 0 Å². The van der Waals surface area contributed by atoms with E-state index in [1.165, 1.54) is 24.1 Å². The van der Waals surface area contributed by atoms with Gasteiger partial charge in [-0.15, -0.1) is 0 Å². The van der Waals surface area contributed by atoms with Crippen LogP contribution in [0.4, 0.5) is 5.69 Å². The monoisotopic (exact) mass is 224 g/mol. The molecule has 1 aromatic rings. The van der Waals surface area contributed by atoms with Crippen molar-refractivity contribution in [3.8, 4) is 0 Å². The predicted molar refractivity (Wildman–Crippen MR) is 62.8 cm³/mol. The second-order valence-corrected chi connectivity index (χ2v) is 4.16. The minimum absolute atomic E-state index is 0.272. The number of aliphatic imine (C=N–C) groups is 1. The van der Waals surface area contributed by atoms with E-state index in [2.05, 4.69) is 4.99 Å². The van der Waals surface area contributed by atoms with Crippen LogP contribution in [0, 0.1) is 0 Å². The summed E-state index contributed by atoms with van der Waals surface area (Å²) in [4.78, 5) is 14.7. The van der Waals surface area contributed by atoms with E-state index in [4.69, 9.17) is 5.11 Å². The van der Waals surface area contributed by atoms with Crippen molar-refractivity contribution in [2.45, 2.75) is 0 Å². The smallest absolute Gasteiger partial charge is 0.335 e. The lowest BCUT2D eigenvalue weighted by molar-refractivity contribution is 0.0697. The molecular weight excluding hydrogens is 212 g/mol. The third-order valence-electron chi connectivity index (χ3n) is 1.57. The number of nitrogens with zero attached hydrogens (tertiary/aromatic N) is 2. The molecule has 0 heterocycles. The van der Waals surface area contributed by atoms with Crippen LogP contribution in [0.2, 0.25) is 0 Å². The highest BCUT2D eigenvalue weighted by atomic mass is 32.2. The second-order valence-electron chi connectivity index (χ2n) is 3.00. The lowest BCUT2D eigenvalue weighted by Crippen LogP contribution is -1.98. The maximum atomic E-state index is 10.6. The molecule has 0 fully saturated rings. The zero-order chi connectivity index (χ0) is 11.3. The molecule has 15 heavy (non-hydrogen) atoms. The SMILES string of the molecule is CN(C)SC=Nc1ccc(C(=O)O)cc1. The molecule has 0 spiro atoms. The van der Waals surface area contributed by atoms with Crippen molar-refractivity contribution >= 4 is 29.2 Å². The average Bonchev–Trinajstić information content (AvgIpc) is 2.18. The Kier molecular flexibility index (Phi) is 4.33. The summed E-state index contributed by atoms with van der Waals surface area (Å²) in [6, 6.07) is 6.43. The number of carboxylic acids is 1. The van der Waals surface area contributed by atoms with Gasteiger partial charge in [0.05, 0.1) is 16.8 Å². The van der Waals surface area contributed by atoms with Gasteiger partial charge in [0.2, 0.25) is 0 Å². The molecule has 0 amide bonds. The summed E-state index contributed by atoms with van der Waals surface area (Å²) in [7, 11) is 3.84. The number of hydrogen-bond donors (Lipinski definition) is 1. The first-order valence-corrected chi connectivity index (χ1v) is 5.13. The van der Waals surface area contributed by atoms with Crippen LogP contribution in [0.3, 0.4) is 0 Å². The van der Waals surface area contributed by atoms with Gasteiger partial charge in [-0.2, -0.15) is 0 Å². The molecule has 0 aliphatic rings. The molecule has 0 atom stereocenters. The van der Waals surface area contributed by atoms with Gasteiger partial charge in [0.1, 0.15) is 0 Å². The maximum absolute atomic E-state index is 10.6. The van der Waals surface area contributed by atoms with E-state index in [-0.39, 0.29) is 5.56 Å². The lowest BCUT2D eigenvalue weighted by Gasteiger charge is -2.01. The van der Waals surface area contributed by atoms with Gasteiger partial charge >= 0.3 is 5.97 Å². The van der Waals surface area contributed by atoms with Crippen LogP contribution in [0.1, 0.15) is 10.4 Å². The normalized spacial score (nSPS) is 11.1. The van der Waals surface area contributed by atoms with Gasteiger partial charge in [0, 0.05) is 0 Å². The van der Waals surface area contributed by atoms with E-state index in [1.807, 2.05) is 18.4 Å². The van der Waals surface area contributed by atoms with E-state index >= 15 is 0 Å². The van der Waals surface area contributed by atoms with Crippen molar-refractivity contribution in [2.75, 3.05) is 14.1 Å². The lowest BCUT2D eigenvalue weighted by atomic mass is 10.2. The first-order chi connectivity index (χ1) is 7.09. The highest BCUT2D eigenvalue weighted by Gasteiger charge is 2.00. The van der Waals surface area contributed by atoms with Crippen molar-refractivity contribution in [3.05, 3.63) is 29.8 Å². The van der Waals surface area contributed by atoms with E-state index in [0.29, 0.717) is 0 Å². The van der Waals surface area contributed by atoms with Gasteiger partial charge in [0.25, 0.3) is 0 Å². The summed E-state index contributed by atoms with van der Waals surface area (Å²) in [6.07, 6.45) is 0. The van der Waals surface area contributed by atoms with Gasteiger partial charge in [-0.3, -0.25) is 4.31 Å². The summed E-state index contributed by atoms with van der Waals surface area (Å²) in [5.74, 6) is -0.923. The van der Waals surface area contributed by atoms with E-state index in [0.717, 1.165) is 5.69 Å². The summed E-state index contributed by atoms with van der Waals surface area (Å²) >= 11 is 1.46. The van der Waals surface area contributed by atoms with Gasteiger partial charge in [0.15, 0.2) is 0 Å². The fourth-order valence-electron chi connectivity index (χ4n) is 0.869. The Morgan fingerprint density at radius 2 is 2.00 bits per heavy atom. The highest BCUT2D eigenvalue weighted by Crippen LogP contribution is 2.13. The summed E-state index contributed by atoms with van der Waals surface area (Å²) in [5, 5.41) is 8.68. The molecule has 1 aromatic carbocycles. The van der Waals surface area contributed by atoms with Crippen LogP contribution >= 0.6 is 11.9 Å². The molecule has 80 valence electrons. The average molecular weight is 224 g/mol. The minimum Gasteiger partial charge on any atom is -0.478 e. The maximum Gasteiger partial charge on any atom is 0.335 e. The van der Waals surface area contributed by atoms with E-state index in [9.17, 15) is 4.79 Å². The van der Waals surface area contributed by atoms with E-state index in [1.54, 1.807) is 17.7 Å².